The van der Waals surface area contributed by atoms with Crippen molar-refractivity contribution < 1.29 is 22.3 Å². The molecule has 110 valence electrons. The zero-order chi connectivity index (χ0) is 14.8. The molecule has 1 saturated heterocycles. The fourth-order valence-electron chi connectivity index (χ4n) is 1.96. The number of nitrogens with two attached hydrogens (primary N) is 1. The zero-order valence-electron chi connectivity index (χ0n) is 10.6. The lowest BCUT2D eigenvalue weighted by Crippen LogP contribution is -2.30. The lowest BCUT2D eigenvalue weighted by Gasteiger charge is -2.21. The highest BCUT2D eigenvalue weighted by Crippen LogP contribution is 2.21. The van der Waals surface area contributed by atoms with E-state index >= 15 is 0 Å². The van der Waals surface area contributed by atoms with Crippen molar-refractivity contribution in [2.24, 2.45) is 11.1 Å². The molecule has 0 radical (unpaired) electrons. The first-order valence-corrected chi connectivity index (χ1v) is 7.63. The van der Waals surface area contributed by atoms with Crippen LogP contribution in [0.4, 0.5) is 10.1 Å². The molecule has 8 heteroatoms. The first-order valence-electron chi connectivity index (χ1n) is 6.09. The van der Waals surface area contributed by atoms with Crippen LogP contribution in [-0.2, 0) is 19.6 Å². The van der Waals surface area contributed by atoms with Gasteiger partial charge in [0.25, 0.3) is 0 Å². The summed E-state index contributed by atoms with van der Waals surface area (Å²) in [6.45, 7) is 0.890. The maximum atomic E-state index is 13.6. The summed E-state index contributed by atoms with van der Waals surface area (Å²) in [6, 6.07) is 3.00. The predicted molar refractivity (Wildman–Crippen MR) is 69.9 cm³/mol. The molecule has 1 atom stereocenters. The van der Waals surface area contributed by atoms with Gasteiger partial charge in [0, 0.05) is 6.61 Å². The van der Waals surface area contributed by atoms with Gasteiger partial charge in [0.15, 0.2) is 0 Å². The molecule has 1 heterocycles. The summed E-state index contributed by atoms with van der Waals surface area (Å²) >= 11 is 0. The maximum absolute atomic E-state index is 13.6. The minimum atomic E-state index is -3.95. The van der Waals surface area contributed by atoms with E-state index in [9.17, 15) is 17.6 Å². The van der Waals surface area contributed by atoms with E-state index in [0.717, 1.165) is 24.6 Å². The Hall–Kier alpha value is -1.51. The fraction of sp³-hybridized carbons (Fsp3) is 0.417. The van der Waals surface area contributed by atoms with Gasteiger partial charge in [-0.3, -0.25) is 4.79 Å². The van der Waals surface area contributed by atoms with Gasteiger partial charge in [-0.25, -0.2) is 17.9 Å². The molecule has 2 rings (SSSR count). The van der Waals surface area contributed by atoms with E-state index in [1.165, 1.54) is 0 Å². The molecule has 0 spiro atoms. The van der Waals surface area contributed by atoms with Crippen molar-refractivity contribution in [3.63, 3.8) is 0 Å². The summed E-state index contributed by atoms with van der Waals surface area (Å²) in [5.74, 6) is -1.47. The third kappa shape index (κ3) is 3.53. The van der Waals surface area contributed by atoms with Gasteiger partial charge in [0.1, 0.15) is 5.82 Å². The minimum Gasteiger partial charge on any atom is -0.381 e. The molecular weight excluding hydrogens is 287 g/mol. The highest BCUT2D eigenvalue weighted by Gasteiger charge is 2.23. The number of carbonyl (C=O) groups excluding carboxylic acids is 1. The monoisotopic (exact) mass is 302 g/mol. The van der Waals surface area contributed by atoms with Crippen LogP contribution in [0.1, 0.15) is 12.8 Å². The van der Waals surface area contributed by atoms with Gasteiger partial charge < -0.3 is 10.1 Å². The number of hydrogen-bond acceptors (Lipinski definition) is 4. The predicted octanol–water partition coefficient (Wildman–Crippen LogP) is 0.838. The summed E-state index contributed by atoms with van der Waals surface area (Å²) in [7, 11) is -3.95. The Morgan fingerprint density at radius 3 is 2.80 bits per heavy atom. The molecule has 1 fully saturated rings. The Morgan fingerprint density at radius 2 is 2.20 bits per heavy atom. The van der Waals surface area contributed by atoms with Crippen molar-refractivity contribution in [1.29, 1.82) is 0 Å². The summed E-state index contributed by atoms with van der Waals surface area (Å²) in [6.07, 6.45) is 1.42. The van der Waals surface area contributed by atoms with Crippen molar-refractivity contribution in [3.8, 4) is 0 Å². The largest absolute Gasteiger partial charge is 0.381 e. The Balaban J connectivity index is 2.18. The number of carbonyl (C=O) groups is 1. The summed E-state index contributed by atoms with van der Waals surface area (Å²) < 4.78 is 41.2. The van der Waals surface area contributed by atoms with Crippen LogP contribution in [0.25, 0.3) is 0 Å². The van der Waals surface area contributed by atoms with Crippen molar-refractivity contribution in [2.45, 2.75) is 17.7 Å². The van der Waals surface area contributed by atoms with Crippen LogP contribution < -0.4 is 10.5 Å². The number of sulfonamides is 1. The second-order valence-corrected chi connectivity index (χ2v) is 6.15. The van der Waals surface area contributed by atoms with Gasteiger partial charge in [0.05, 0.1) is 23.1 Å². The molecule has 0 saturated carbocycles. The van der Waals surface area contributed by atoms with Gasteiger partial charge >= 0.3 is 0 Å². The molecule has 1 aromatic rings. The van der Waals surface area contributed by atoms with E-state index in [0.29, 0.717) is 13.0 Å². The Labute approximate surface area is 116 Å². The quantitative estimate of drug-likeness (QED) is 0.864. The summed E-state index contributed by atoms with van der Waals surface area (Å²) in [4.78, 5) is 11.7. The van der Waals surface area contributed by atoms with E-state index in [1.807, 2.05) is 0 Å². The average Bonchev–Trinajstić information content (AvgIpc) is 2.41. The van der Waals surface area contributed by atoms with Gasteiger partial charge in [-0.1, -0.05) is 0 Å². The smallest absolute Gasteiger partial charge is 0.238 e. The molecule has 3 N–H and O–H groups in total. The van der Waals surface area contributed by atoms with E-state index in [4.69, 9.17) is 9.88 Å². The second-order valence-electron chi connectivity index (χ2n) is 4.59. The van der Waals surface area contributed by atoms with Crippen LogP contribution >= 0.6 is 0 Å². The SMILES string of the molecule is NS(=O)(=O)c1ccc(F)c(NC(=O)C2CCCOC2)c1. The molecule has 1 aliphatic heterocycles. The van der Waals surface area contributed by atoms with E-state index in [-0.39, 0.29) is 23.1 Å². The molecule has 6 nitrogen and oxygen atoms in total. The van der Waals surface area contributed by atoms with Crippen LogP contribution in [-0.4, -0.2) is 27.5 Å². The summed E-state index contributed by atoms with van der Waals surface area (Å²) in [5.41, 5.74) is -0.202. The van der Waals surface area contributed by atoms with Crippen molar-refractivity contribution in [3.05, 3.63) is 24.0 Å². The first kappa shape index (κ1) is 14.9. The van der Waals surface area contributed by atoms with Crippen LogP contribution in [0.15, 0.2) is 23.1 Å². The van der Waals surface area contributed by atoms with Crippen molar-refractivity contribution >= 4 is 21.6 Å². The number of halogens is 1. The van der Waals surface area contributed by atoms with Gasteiger partial charge in [-0.15, -0.1) is 0 Å². The zero-order valence-corrected chi connectivity index (χ0v) is 11.5. The standard InChI is InChI=1S/C12H15FN2O4S/c13-10-4-3-9(20(14,17)18)6-11(10)15-12(16)8-2-1-5-19-7-8/h3-4,6,8H,1-2,5,7H2,(H,15,16)(H2,14,17,18). The van der Waals surface area contributed by atoms with Crippen molar-refractivity contribution in [2.75, 3.05) is 18.5 Å². The Bertz CT molecular complexity index is 612. The maximum Gasteiger partial charge on any atom is 0.238 e. The molecule has 1 aromatic carbocycles. The third-order valence-corrected chi connectivity index (χ3v) is 3.97. The average molecular weight is 302 g/mol. The van der Waals surface area contributed by atoms with Crippen LogP contribution in [0.2, 0.25) is 0 Å². The lowest BCUT2D eigenvalue weighted by molar-refractivity contribution is -0.123. The topological polar surface area (TPSA) is 98.5 Å². The molecular formula is C12H15FN2O4S. The second kappa shape index (κ2) is 5.86. The third-order valence-electron chi connectivity index (χ3n) is 3.06. The molecule has 0 bridgehead atoms. The van der Waals surface area contributed by atoms with E-state index < -0.39 is 21.7 Å². The Kier molecular flexibility index (Phi) is 4.36. The molecule has 20 heavy (non-hydrogen) atoms. The van der Waals surface area contributed by atoms with Gasteiger partial charge in [-0.05, 0) is 31.0 Å². The summed E-state index contributed by atoms with van der Waals surface area (Å²) in [5, 5.41) is 7.34. The number of rotatable bonds is 3. The number of anilines is 1. The first-order chi connectivity index (χ1) is 9.38. The number of benzene rings is 1. The lowest BCUT2D eigenvalue weighted by atomic mass is 10.0. The van der Waals surface area contributed by atoms with Crippen LogP contribution in [0.3, 0.4) is 0 Å². The molecule has 1 unspecified atom stereocenters. The highest BCUT2D eigenvalue weighted by atomic mass is 32.2. The molecule has 0 aliphatic carbocycles. The van der Waals surface area contributed by atoms with Crippen LogP contribution in [0.5, 0.6) is 0 Å². The van der Waals surface area contributed by atoms with Crippen molar-refractivity contribution in [1.82, 2.24) is 0 Å². The normalized spacial score (nSPS) is 19.6. The highest BCUT2D eigenvalue weighted by molar-refractivity contribution is 7.89. The van der Waals surface area contributed by atoms with Gasteiger partial charge in [-0.2, -0.15) is 0 Å². The van der Waals surface area contributed by atoms with Crippen LogP contribution in [0, 0.1) is 11.7 Å². The van der Waals surface area contributed by atoms with E-state index in [2.05, 4.69) is 5.32 Å². The molecule has 1 amide bonds. The Morgan fingerprint density at radius 1 is 1.45 bits per heavy atom. The fourth-order valence-corrected chi connectivity index (χ4v) is 2.50. The number of nitrogens with one attached hydrogen (secondary N) is 1. The minimum absolute atomic E-state index is 0.202. The number of hydrogen-bond donors (Lipinski definition) is 2. The number of ether oxygens (including phenoxy) is 1. The molecule has 1 aliphatic rings. The number of primary sulfonamides is 1. The van der Waals surface area contributed by atoms with Gasteiger partial charge in [0.2, 0.25) is 15.9 Å². The number of amides is 1. The molecule has 0 aromatic heterocycles. The van der Waals surface area contributed by atoms with E-state index in [1.54, 1.807) is 0 Å².